The average molecular weight is 279 g/mol. The van der Waals surface area contributed by atoms with Gasteiger partial charge in [-0.2, -0.15) is 0 Å². The average Bonchev–Trinajstić information content (AvgIpc) is 3.08. The number of nitrogens with zero attached hydrogens (tertiary/aromatic N) is 2. The number of hydrogen-bond acceptors (Lipinski definition) is 3. The Labute approximate surface area is 120 Å². The van der Waals surface area contributed by atoms with Gasteiger partial charge in [0.2, 0.25) is 5.91 Å². The van der Waals surface area contributed by atoms with Crippen molar-refractivity contribution in [1.29, 1.82) is 0 Å². The van der Waals surface area contributed by atoms with Crippen molar-refractivity contribution in [3.63, 3.8) is 0 Å². The first kappa shape index (κ1) is 15.0. The third-order valence-corrected chi connectivity index (χ3v) is 4.14. The summed E-state index contributed by atoms with van der Waals surface area (Å²) in [4.78, 5) is 16.1. The molecule has 20 heavy (non-hydrogen) atoms. The molecule has 0 aliphatic heterocycles. The van der Waals surface area contributed by atoms with Crippen molar-refractivity contribution >= 4 is 5.91 Å². The number of hydrogen-bond donors (Lipinski definition) is 2. The van der Waals surface area contributed by atoms with Crippen LogP contribution in [0.4, 0.5) is 0 Å². The maximum Gasteiger partial charge on any atom is 0.222 e. The van der Waals surface area contributed by atoms with Crippen LogP contribution in [0.1, 0.15) is 57.9 Å². The second-order valence-corrected chi connectivity index (χ2v) is 5.86. The number of carbonyl (C=O) groups excluding carboxylic acids is 1. The van der Waals surface area contributed by atoms with Crippen LogP contribution in [0, 0.1) is 0 Å². The smallest absolute Gasteiger partial charge is 0.222 e. The Kier molecular flexibility index (Phi) is 5.17. The SMILES string of the molecule is CCCC(CC(=O)NCC1(O)CCCC1)n1ccnc1. The molecule has 1 aliphatic carbocycles. The molecule has 5 heteroatoms. The molecule has 1 aliphatic rings. The zero-order valence-electron chi connectivity index (χ0n) is 12.2. The number of amides is 1. The van der Waals surface area contributed by atoms with Gasteiger partial charge in [0.15, 0.2) is 0 Å². The largest absolute Gasteiger partial charge is 0.388 e. The van der Waals surface area contributed by atoms with E-state index < -0.39 is 5.60 Å². The molecule has 5 nitrogen and oxygen atoms in total. The van der Waals surface area contributed by atoms with E-state index in [0.29, 0.717) is 13.0 Å². The third-order valence-electron chi connectivity index (χ3n) is 4.14. The fourth-order valence-corrected chi connectivity index (χ4v) is 2.93. The van der Waals surface area contributed by atoms with Gasteiger partial charge in [0, 0.05) is 31.4 Å². The molecule has 2 N–H and O–H groups in total. The lowest BCUT2D eigenvalue weighted by Gasteiger charge is -2.23. The van der Waals surface area contributed by atoms with E-state index in [-0.39, 0.29) is 11.9 Å². The number of nitrogens with one attached hydrogen (secondary N) is 1. The molecule has 0 radical (unpaired) electrons. The van der Waals surface area contributed by atoms with Crippen LogP contribution in [0.25, 0.3) is 0 Å². The van der Waals surface area contributed by atoms with Gasteiger partial charge in [-0.05, 0) is 19.3 Å². The third kappa shape index (κ3) is 4.07. The lowest BCUT2D eigenvalue weighted by Crippen LogP contribution is -2.41. The molecule has 1 saturated carbocycles. The monoisotopic (exact) mass is 279 g/mol. The summed E-state index contributed by atoms with van der Waals surface area (Å²) in [5, 5.41) is 13.1. The number of carbonyl (C=O) groups is 1. The van der Waals surface area contributed by atoms with Crippen molar-refractivity contribution in [3.8, 4) is 0 Å². The first-order valence-corrected chi connectivity index (χ1v) is 7.59. The van der Waals surface area contributed by atoms with Crippen molar-refractivity contribution in [2.75, 3.05) is 6.54 Å². The van der Waals surface area contributed by atoms with E-state index in [4.69, 9.17) is 0 Å². The number of rotatable bonds is 7. The van der Waals surface area contributed by atoms with Gasteiger partial charge in [0.1, 0.15) is 0 Å². The summed E-state index contributed by atoms with van der Waals surface area (Å²) < 4.78 is 1.99. The fourth-order valence-electron chi connectivity index (χ4n) is 2.93. The van der Waals surface area contributed by atoms with Gasteiger partial charge in [0.05, 0.1) is 11.9 Å². The zero-order valence-corrected chi connectivity index (χ0v) is 12.2. The van der Waals surface area contributed by atoms with E-state index in [1.807, 2.05) is 10.8 Å². The molecule has 2 rings (SSSR count). The van der Waals surface area contributed by atoms with Gasteiger partial charge in [-0.15, -0.1) is 0 Å². The van der Waals surface area contributed by atoms with Crippen LogP contribution >= 0.6 is 0 Å². The van der Waals surface area contributed by atoms with Gasteiger partial charge in [-0.3, -0.25) is 4.79 Å². The second kappa shape index (κ2) is 6.88. The van der Waals surface area contributed by atoms with Crippen molar-refractivity contribution in [2.24, 2.45) is 0 Å². The molecule has 112 valence electrons. The van der Waals surface area contributed by atoms with Crippen molar-refractivity contribution in [2.45, 2.75) is 63.5 Å². The summed E-state index contributed by atoms with van der Waals surface area (Å²) in [6, 6.07) is 0.153. The molecule has 1 atom stereocenters. The summed E-state index contributed by atoms with van der Waals surface area (Å²) in [6.45, 7) is 2.50. The summed E-state index contributed by atoms with van der Waals surface area (Å²) in [5.74, 6) is 0.0116. The highest BCUT2D eigenvalue weighted by Crippen LogP contribution is 2.28. The van der Waals surface area contributed by atoms with Gasteiger partial charge >= 0.3 is 0 Å². The molecular formula is C15H25N3O2. The highest BCUT2D eigenvalue weighted by Gasteiger charge is 2.31. The minimum atomic E-state index is -0.676. The molecule has 1 fully saturated rings. The van der Waals surface area contributed by atoms with Crippen LogP contribution < -0.4 is 5.32 Å². The van der Waals surface area contributed by atoms with Crippen molar-refractivity contribution in [3.05, 3.63) is 18.7 Å². The van der Waals surface area contributed by atoms with Crippen molar-refractivity contribution < 1.29 is 9.90 Å². The van der Waals surface area contributed by atoms with Crippen LogP contribution in [0.2, 0.25) is 0 Å². The Balaban J connectivity index is 1.82. The molecular weight excluding hydrogens is 254 g/mol. The molecule has 0 saturated heterocycles. The molecule has 1 aromatic heterocycles. The van der Waals surface area contributed by atoms with Gasteiger partial charge < -0.3 is 15.0 Å². The van der Waals surface area contributed by atoms with Gasteiger partial charge in [-0.25, -0.2) is 4.98 Å². The second-order valence-electron chi connectivity index (χ2n) is 5.86. The molecule has 0 bridgehead atoms. The van der Waals surface area contributed by atoms with E-state index >= 15 is 0 Å². The highest BCUT2D eigenvalue weighted by molar-refractivity contribution is 5.76. The van der Waals surface area contributed by atoms with E-state index in [1.165, 1.54) is 0 Å². The predicted octanol–water partition coefficient (Wildman–Crippen LogP) is 2.04. The van der Waals surface area contributed by atoms with Crippen LogP contribution in [0.15, 0.2) is 18.7 Å². The number of aromatic nitrogens is 2. The Morgan fingerprint density at radius 3 is 2.85 bits per heavy atom. The standard InChI is InChI=1S/C15H25N3O2/c1-2-5-13(18-9-8-16-12-18)10-14(19)17-11-15(20)6-3-4-7-15/h8-9,12-13,20H,2-7,10-11H2,1H3,(H,17,19). The number of imidazole rings is 1. The lowest BCUT2D eigenvalue weighted by molar-refractivity contribution is -0.123. The van der Waals surface area contributed by atoms with Gasteiger partial charge in [0.25, 0.3) is 0 Å². The summed E-state index contributed by atoms with van der Waals surface area (Å²) in [5.41, 5.74) is -0.676. The number of aliphatic hydroxyl groups is 1. The minimum Gasteiger partial charge on any atom is -0.388 e. The molecule has 1 unspecified atom stereocenters. The Morgan fingerprint density at radius 1 is 1.50 bits per heavy atom. The first-order chi connectivity index (χ1) is 9.63. The van der Waals surface area contributed by atoms with Crippen LogP contribution in [0.3, 0.4) is 0 Å². The maximum absolute atomic E-state index is 12.1. The molecule has 0 spiro atoms. The predicted molar refractivity (Wildman–Crippen MR) is 77.2 cm³/mol. The molecule has 0 aromatic carbocycles. The maximum atomic E-state index is 12.1. The van der Waals surface area contributed by atoms with E-state index in [0.717, 1.165) is 38.5 Å². The minimum absolute atomic E-state index is 0.0116. The van der Waals surface area contributed by atoms with E-state index in [9.17, 15) is 9.90 Å². The molecule has 1 aromatic rings. The Hall–Kier alpha value is -1.36. The van der Waals surface area contributed by atoms with Crippen LogP contribution in [0.5, 0.6) is 0 Å². The van der Waals surface area contributed by atoms with E-state index in [2.05, 4.69) is 17.2 Å². The van der Waals surface area contributed by atoms with Crippen LogP contribution in [-0.2, 0) is 4.79 Å². The normalized spacial score (nSPS) is 18.9. The highest BCUT2D eigenvalue weighted by atomic mass is 16.3. The summed E-state index contributed by atoms with van der Waals surface area (Å²) in [6.07, 6.45) is 11.5. The lowest BCUT2D eigenvalue weighted by atomic mass is 10.0. The summed E-state index contributed by atoms with van der Waals surface area (Å²) in [7, 11) is 0. The van der Waals surface area contributed by atoms with Crippen LogP contribution in [-0.4, -0.2) is 32.7 Å². The van der Waals surface area contributed by atoms with Crippen molar-refractivity contribution in [1.82, 2.24) is 14.9 Å². The summed E-state index contributed by atoms with van der Waals surface area (Å²) >= 11 is 0. The quantitative estimate of drug-likeness (QED) is 0.802. The van der Waals surface area contributed by atoms with E-state index in [1.54, 1.807) is 12.5 Å². The van der Waals surface area contributed by atoms with Gasteiger partial charge in [-0.1, -0.05) is 26.2 Å². The molecule has 1 heterocycles. The topological polar surface area (TPSA) is 67.2 Å². The Morgan fingerprint density at radius 2 is 2.25 bits per heavy atom. The molecule has 1 amide bonds. The first-order valence-electron chi connectivity index (χ1n) is 7.59. The fraction of sp³-hybridized carbons (Fsp3) is 0.733. The Bertz CT molecular complexity index is 411. The zero-order chi connectivity index (χ0) is 14.4.